The van der Waals surface area contributed by atoms with Crippen molar-refractivity contribution in [3.63, 3.8) is 0 Å². The lowest BCUT2D eigenvalue weighted by molar-refractivity contribution is -0.144. The zero-order valence-electron chi connectivity index (χ0n) is 15.6. The van der Waals surface area contributed by atoms with Crippen molar-refractivity contribution in [1.29, 1.82) is 0 Å². The minimum atomic E-state index is -0.329. The summed E-state index contributed by atoms with van der Waals surface area (Å²) in [6.45, 7) is 4.54. The van der Waals surface area contributed by atoms with Crippen LogP contribution in [0.4, 0.5) is 5.69 Å². The van der Waals surface area contributed by atoms with E-state index in [1.54, 1.807) is 7.11 Å². The van der Waals surface area contributed by atoms with E-state index in [4.69, 9.17) is 9.47 Å². The fourth-order valence-corrected chi connectivity index (χ4v) is 3.41. The van der Waals surface area contributed by atoms with Gasteiger partial charge in [0.1, 0.15) is 11.9 Å². The number of hydrogen-bond acceptors (Lipinski definition) is 4. The van der Waals surface area contributed by atoms with Crippen LogP contribution >= 0.6 is 0 Å². The van der Waals surface area contributed by atoms with Crippen LogP contribution in [0.1, 0.15) is 32.6 Å². The van der Waals surface area contributed by atoms with Gasteiger partial charge in [-0.3, -0.25) is 4.79 Å². The summed E-state index contributed by atoms with van der Waals surface area (Å²) >= 11 is 0. The summed E-state index contributed by atoms with van der Waals surface area (Å²) < 4.78 is 11.0. The monoisotopic (exact) mass is 346 g/mol. The molecule has 1 unspecified atom stereocenters. The minimum Gasteiger partial charge on any atom is -0.497 e. The zero-order chi connectivity index (χ0) is 17.8. The van der Waals surface area contributed by atoms with Gasteiger partial charge in [0.05, 0.1) is 13.7 Å². The molecular formula is C20H30N2O3. The first kappa shape index (κ1) is 18.1. The molecule has 138 valence electrons. The Balaban J connectivity index is 1.47. The first-order valence-electron chi connectivity index (χ1n) is 9.35. The zero-order valence-corrected chi connectivity index (χ0v) is 15.6. The number of carbonyl (C=O) groups is 1. The Kier molecular flexibility index (Phi) is 5.84. The Morgan fingerprint density at radius 2 is 1.84 bits per heavy atom. The highest BCUT2D eigenvalue weighted by Crippen LogP contribution is 2.29. The summed E-state index contributed by atoms with van der Waals surface area (Å²) in [6, 6.07) is 8.49. The van der Waals surface area contributed by atoms with Crippen molar-refractivity contribution in [2.75, 3.05) is 38.8 Å². The predicted octanol–water partition coefficient (Wildman–Crippen LogP) is 2.94. The van der Waals surface area contributed by atoms with Gasteiger partial charge in [-0.25, -0.2) is 0 Å². The summed E-state index contributed by atoms with van der Waals surface area (Å²) in [7, 11) is 3.61. The number of nitrogens with zero attached hydrogens (tertiary/aromatic N) is 2. The lowest BCUT2D eigenvalue weighted by Gasteiger charge is -2.38. The average Bonchev–Trinajstić information content (AvgIpc) is 3.49. The van der Waals surface area contributed by atoms with Gasteiger partial charge in [0.15, 0.2) is 0 Å². The van der Waals surface area contributed by atoms with Crippen molar-refractivity contribution in [2.24, 2.45) is 5.92 Å². The standard InChI is InChI=1S/C20H30N2O3/c1-15(25-14-16-4-5-16)20(23)21(2)17-10-12-22(13-11-17)18-6-8-19(24-3)9-7-18/h6-9,15-17H,4-5,10-14H2,1-3H3. The Hall–Kier alpha value is -1.75. The van der Waals surface area contributed by atoms with E-state index in [-0.39, 0.29) is 12.0 Å². The highest BCUT2D eigenvalue weighted by molar-refractivity contribution is 5.80. The van der Waals surface area contributed by atoms with E-state index in [0.29, 0.717) is 12.0 Å². The van der Waals surface area contributed by atoms with Crippen molar-refractivity contribution in [2.45, 2.75) is 44.8 Å². The summed E-state index contributed by atoms with van der Waals surface area (Å²) in [5.74, 6) is 1.68. The van der Waals surface area contributed by atoms with Crippen LogP contribution in [0.5, 0.6) is 5.75 Å². The second kappa shape index (κ2) is 8.09. The quantitative estimate of drug-likeness (QED) is 0.761. The molecule has 0 radical (unpaired) electrons. The summed E-state index contributed by atoms with van der Waals surface area (Å²) in [5.41, 5.74) is 1.22. The normalized spacial score (nSPS) is 19.6. The first-order valence-corrected chi connectivity index (χ1v) is 9.35. The SMILES string of the molecule is COc1ccc(N2CCC(N(C)C(=O)C(C)OCC3CC3)CC2)cc1. The van der Waals surface area contributed by atoms with E-state index < -0.39 is 0 Å². The highest BCUT2D eigenvalue weighted by atomic mass is 16.5. The third-order valence-electron chi connectivity index (χ3n) is 5.42. The van der Waals surface area contributed by atoms with Crippen LogP contribution in [0.25, 0.3) is 0 Å². The minimum absolute atomic E-state index is 0.114. The van der Waals surface area contributed by atoms with Crippen molar-refractivity contribution in [3.05, 3.63) is 24.3 Å². The molecule has 5 nitrogen and oxygen atoms in total. The number of methoxy groups -OCH3 is 1. The number of benzene rings is 1. The molecule has 0 N–H and O–H groups in total. The van der Waals surface area contributed by atoms with Gasteiger partial charge in [-0.1, -0.05) is 0 Å². The lowest BCUT2D eigenvalue weighted by Crippen LogP contribution is -2.48. The number of rotatable bonds is 7. The molecule has 0 bridgehead atoms. The van der Waals surface area contributed by atoms with Crippen LogP contribution in [-0.4, -0.2) is 56.8 Å². The van der Waals surface area contributed by atoms with E-state index in [2.05, 4.69) is 17.0 Å². The number of hydrogen-bond donors (Lipinski definition) is 0. The Bertz CT molecular complexity index is 563. The van der Waals surface area contributed by atoms with Gasteiger partial charge in [0.25, 0.3) is 5.91 Å². The number of amides is 1. The number of ether oxygens (including phenoxy) is 2. The molecular weight excluding hydrogens is 316 g/mol. The molecule has 1 aliphatic carbocycles. The third kappa shape index (κ3) is 4.66. The summed E-state index contributed by atoms with van der Waals surface area (Å²) in [5, 5.41) is 0. The van der Waals surface area contributed by atoms with Gasteiger partial charge in [-0.2, -0.15) is 0 Å². The van der Waals surface area contributed by atoms with E-state index in [9.17, 15) is 4.79 Å². The summed E-state index contributed by atoms with van der Waals surface area (Å²) in [6.07, 6.45) is 4.15. The van der Waals surface area contributed by atoms with Gasteiger partial charge >= 0.3 is 0 Å². The van der Waals surface area contributed by atoms with E-state index in [0.717, 1.165) is 38.3 Å². The number of likely N-dealkylation sites (N-methyl/N-ethyl adjacent to an activating group) is 1. The lowest BCUT2D eigenvalue weighted by atomic mass is 10.0. The molecule has 1 amide bonds. The molecule has 1 heterocycles. The van der Waals surface area contributed by atoms with Crippen LogP contribution in [0, 0.1) is 5.92 Å². The maximum Gasteiger partial charge on any atom is 0.251 e. The van der Waals surface area contributed by atoms with Gasteiger partial charge < -0.3 is 19.3 Å². The molecule has 1 saturated carbocycles. The fraction of sp³-hybridized carbons (Fsp3) is 0.650. The molecule has 1 saturated heterocycles. The van der Waals surface area contributed by atoms with Crippen LogP contribution in [0.2, 0.25) is 0 Å². The maximum absolute atomic E-state index is 12.6. The van der Waals surface area contributed by atoms with Gasteiger partial charge in [-0.05, 0) is 62.8 Å². The predicted molar refractivity (Wildman–Crippen MR) is 99.1 cm³/mol. The third-order valence-corrected chi connectivity index (χ3v) is 5.42. The molecule has 5 heteroatoms. The van der Waals surface area contributed by atoms with Crippen LogP contribution in [-0.2, 0) is 9.53 Å². The van der Waals surface area contributed by atoms with Gasteiger partial charge in [-0.15, -0.1) is 0 Å². The molecule has 0 aromatic heterocycles. The van der Waals surface area contributed by atoms with E-state index >= 15 is 0 Å². The van der Waals surface area contributed by atoms with Crippen LogP contribution in [0.3, 0.4) is 0 Å². The van der Waals surface area contributed by atoms with Crippen molar-refractivity contribution in [1.82, 2.24) is 4.90 Å². The number of piperidine rings is 1. The smallest absolute Gasteiger partial charge is 0.251 e. The maximum atomic E-state index is 12.6. The molecule has 2 aliphatic rings. The molecule has 1 atom stereocenters. The van der Waals surface area contributed by atoms with Crippen molar-refractivity contribution in [3.8, 4) is 5.75 Å². The summed E-state index contributed by atoms with van der Waals surface area (Å²) in [4.78, 5) is 16.9. The Labute approximate surface area is 150 Å². The molecule has 1 aromatic carbocycles. The van der Waals surface area contributed by atoms with Crippen molar-refractivity contribution < 1.29 is 14.3 Å². The average molecular weight is 346 g/mol. The van der Waals surface area contributed by atoms with Crippen LogP contribution in [0.15, 0.2) is 24.3 Å². The first-order chi connectivity index (χ1) is 12.1. The van der Waals surface area contributed by atoms with Crippen LogP contribution < -0.4 is 9.64 Å². The fourth-order valence-electron chi connectivity index (χ4n) is 3.41. The second-order valence-corrected chi connectivity index (χ2v) is 7.28. The van der Waals surface area contributed by atoms with Gasteiger partial charge in [0.2, 0.25) is 0 Å². The Morgan fingerprint density at radius 1 is 1.20 bits per heavy atom. The van der Waals surface area contributed by atoms with Gasteiger partial charge in [0, 0.05) is 31.9 Å². The Morgan fingerprint density at radius 3 is 2.40 bits per heavy atom. The molecule has 1 aliphatic heterocycles. The molecule has 0 spiro atoms. The highest BCUT2D eigenvalue weighted by Gasteiger charge is 2.29. The van der Waals surface area contributed by atoms with E-state index in [1.165, 1.54) is 18.5 Å². The molecule has 3 rings (SSSR count). The largest absolute Gasteiger partial charge is 0.497 e. The molecule has 1 aromatic rings. The topological polar surface area (TPSA) is 42.0 Å². The number of anilines is 1. The second-order valence-electron chi connectivity index (χ2n) is 7.28. The number of carbonyl (C=O) groups excluding carboxylic acids is 1. The van der Waals surface area contributed by atoms with E-state index in [1.807, 2.05) is 31.0 Å². The molecule has 2 fully saturated rings. The van der Waals surface area contributed by atoms with Crippen molar-refractivity contribution >= 4 is 11.6 Å². The molecule has 25 heavy (non-hydrogen) atoms.